The fraction of sp³-hybridized carbons (Fsp3) is 0.263. The molecule has 3 N–H and O–H groups in total. The van der Waals surface area contributed by atoms with Gasteiger partial charge >= 0.3 is 0 Å². The van der Waals surface area contributed by atoms with Crippen molar-refractivity contribution in [3.63, 3.8) is 0 Å². The molecule has 0 saturated heterocycles. The third-order valence-corrected chi connectivity index (χ3v) is 3.75. The van der Waals surface area contributed by atoms with E-state index in [-0.39, 0.29) is 18.6 Å². The van der Waals surface area contributed by atoms with Gasteiger partial charge < -0.3 is 25.3 Å². The number of carbonyl (C=O) groups is 2. The van der Waals surface area contributed by atoms with Gasteiger partial charge in [0.2, 0.25) is 0 Å². The lowest BCUT2D eigenvalue weighted by Gasteiger charge is -2.18. The monoisotopic (exact) mass is 358 g/mol. The maximum absolute atomic E-state index is 12.6. The summed E-state index contributed by atoms with van der Waals surface area (Å²) in [5, 5.41) is 2.92. The molecule has 2 rings (SSSR count). The molecule has 0 fully saturated rings. The maximum Gasteiger partial charge on any atom is 0.255 e. The highest BCUT2D eigenvalue weighted by Gasteiger charge is 2.16. The smallest absolute Gasteiger partial charge is 0.255 e. The van der Waals surface area contributed by atoms with Crippen LogP contribution in [0.25, 0.3) is 0 Å². The van der Waals surface area contributed by atoms with E-state index in [1.54, 1.807) is 25.3 Å². The third-order valence-electron chi connectivity index (χ3n) is 3.75. The summed E-state index contributed by atoms with van der Waals surface area (Å²) in [6.45, 7) is 1.60. The fourth-order valence-corrected chi connectivity index (χ4v) is 2.46. The molecule has 1 unspecified atom stereocenters. The first kappa shape index (κ1) is 19.1. The van der Waals surface area contributed by atoms with Gasteiger partial charge in [-0.3, -0.25) is 9.59 Å². The van der Waals surface area contributed by atoms with Gasteiger partial charge in [0.15, 0.2) is 18.1 Å². The molecule has 0 bridgehead atoms. The van der Waals surface area contributed by atoms with Crippen LogP contribution in [0, 0.1) is 0 Å². The van der Waals surface area contributed by atoms with E-state index in [4.69, 9.17) is 19.9 Å². The predicted molar refractivity (Wildman–Crippen MR) is 96.6 cm³/mol. The molecule has 7 heteroatoms. The van der Waals surface area contributed by atoms with E-state index in [0.717, 1.165) is 5.56 Å². The molecule has 0 aromatic heterocycles. The van der Waals surface area contributed by atoms with Crippen molar-refractivity contribution in [2.24, 2.45) is 5.73 Å². The Balaban J connectivity index is 2.15. The molecule has 0 aliphatic heterocycles. The first-order valence-corrected chi connectivity index (χ1v) is 7.99. The van der Waals surface area contributed by atoms with E-state index in [1.165, 1.54) is 7.11 Å². The van der Waals surface area contributed by atoms with Crippen LogP contribution in [0.15, 0.2) is 42.5 Å². The summed E-state index contributed by atoms with van der Waals surface area (Å²) in [5.41, 5.74) is 6.33. The average Bonchev–Trinajstić information content (AvgIpc) is 2.65. The Kier molecular flexibility index (Phi) is 6.43. The van der Waals surface area contributed by atoms with E-state index in [0.29, 0.717) is 22.8 Å². The SMILES string of the molecule is COc1cc(C(=O)NC(C)c2ccccc2OC)ccc1OCC(N)=O. The largest absolute Gasteiger partial charge is 0.496 e. The zero-order chi connectivity index (χ0) is 19.1. The summed E-state index contributed by atoms with van der Waals surface area (Å²) in [4.78, 5) is 23.4. The summed E-state index contributed by atoms with van der Waals surface area (Å²) in [5.74, 6) is 0.500. The molecule has 0 saturated carbocycles. The number of rotatable bonds is 8. The zero-order valence-electron chi connectivity index (χ0n) is 14.9. The number of hydrogen-bond acceptors (Lipinski definition) is 5. The number of hydrogen-bond donors (Lipinski definition) is 2. The van der Waals surface area contributed by atoms with Crippen LogP contribution in [-0.2, 0) is 4.79 Å². The van der Waals surface area contributed by atoms with Gasteiger partial charge in [-0.1, -0.05) is 18.2 Å². The molecular weight excluding hydrogens is 336 g/mol. The minimum Gasteiger partial charge on any atom is -0.496 e. The highest BCUT2D eigenvalue weighted by molar-refractivity contribution is 5.95. The highest BCUT2D eigenvalue weighted by Crippen LogP contribution is 2.29. The molecule has 2 aromatic rings. The molecule has 1 atom stereocenters. The van der Waals surface area contributed by atoms with Crippen LogP contribution in [0.1, 0.15) is 28.9 Å². The van der Waals surface area contributed by atoms with Gasteiger partial charge in [0.1, 0.15) is 5.75 Å². The lowest BCUT2D eigenvalue weighted by atomic mass is 10.1. The summed E-state index contributed by atoms with van der Waals surface area (Å²) < 4.78 is 15.8. The number of carbonyl (C=O) groups excluding carboxylic acids is 2. The summed E-state index contributed by atoms with van der Waals surface area (Å²) in [6.07, 6.45) is 0. The minimum atomic E-state index is -0.598. The fourth-order valence-electron chi connectivity index (χ4n) is 2.46. The second-order valence-corrected chi connectivity index (χ2v) is 5.56. The second-order valence-electron chi connectivity index (χ2n) is 5.56. The Hall–Kier alpha value is -3.22. The average molecular weight is 358 g/mol. The first-order valence-electron chi connectivity index (χ1n) is 7.99. The minimum absolute atomic E-state index is 0.254. The summed E-state index contributed by atoms with van der Waals surface area (Å²) in [6, 6.07) is 11.9. The van der Waals surface area contributed by atoms with Gasteiger partial charge in [0.25, 0.3) is 11.8 Å². The Morgan fingerprint density at radius 2 is 1.73 bits per heavy atom. The van der Waals surface area contributed by atoms with E-state index >= 15 is 0 Å². The molecule has 138 valence electrons. The van der Waals surface area contributed by atoms with Gasteiger partial charge in [-0.2, -0.15) is 0 Å². The first-order chi connectivity index (χ1) is 12.5. The standard InChI is InChI=1S/C19H22N2O5/c1-12(14-6-4-5-7-15(14)24-2)21-19(23)13-8-9-16(17(10-13)25-3)26-11-18(20)22/h4-10,12H,11H2,1-3H3,(H2,20,22)(H,21,23). The number of nitrogens with one attached hydrogen (secondary N) is 1. The molecule has 0 heterocycles. The zero-order valence-corrected chi connectivity index (χ0v) is 14.9. The van der Waals surface area contributed by atoms with Crippen molar-refractivity contribution < 1.29 is 23.8 Å². The van der Waals surface area contributed by atoms with Crippen molar-refractivity contribution in [1.29, 1.82) is 0 Å². The van der Waals surface area contributed by atoms with Gasteiger partial charge in [-0.25, -0.2) is 0 Å². The summed E-state index contributed by atoms with van der Waals surface area (Å²) in [7, 11) is 3.04. The lowest BCUT2D eigenvalue weighted by Crippen LogP contribution is -2.27. The van der Waals surface area contributed by atoms with E-state index in [2.05, 4.69) is 5.32 Å². The molecule has 0 spiro atoms. The number of methoxy groups -OCH3 is 2. The van der Waals surface area contributed by atoms with Crippen molar-refractivity contribution in [3.05, 3.63) is 53.6 Å². The Morgan fingerprint density at radius 1 is 1.04 bits per heavy atom. The van der Waals surface area contributed by atoms with Crippen LogP contribution < -0.4 is 25.3 Å². The van der Waals surface area contributed by atoms with Crippen LogP contribution >= 0.6 is 0 Å². The van der Waals surface area contributed by atoms with Crippen molar-refractivity contribution in [3.8, 4) is 17.2 Å². The predicted octanol–water partition coefficient (Wildman–Crippen LogP) is 2.06. The molecular formula is C19H22N2O5. The van der Waals surface area contributed by atoms with Gasteiger partial charge in [-0.05, 0) is 31.2 Å². The second kappa shape index (κ2) is 8.75. The lowest BCUT2D eigenvalue weighted by molar-refractivity contribution is -0.119. The van der Waals surface area contributed by atoms with Crippen LogP contribution in [-0.4, -0.2) is 32.6 Å². The van der Waals surface area contributed by atoms with Crippen LogP contribution in [0.2, 0.25) is 0 Å². The van der Waals surface area contributed by atoms with Gasteiger partial charge in [0, 0.05) is 11.1 Å². The molecule has 0 aliphatic rings. The van der Waals surface area contributed by atoms with E-state index in [9.17, 15) is 9.59 Å². The number of benzene rings is 2. The molecule has 7 nitrogen and oxygen atoms in total. The molecule has 2 aromatic carbocycles. The Morgan fingerprint density at radius 3 is 2.38 bits per heavy atom. The Labute approximate surface area is 152 Å². The van der Waals surface area contributed by atoms with Crippen LogP contribution in [0.5, 0.6) is 17.2 Å². The molecule has 26 heavy (non-hydrogen) atoms. The Bertz CT molecular complexity index is 791. The highest BCUT2D eigenvalue weighted by atomic mass is 16.5. The molecule has 0 aliphatic carbocycles. The maximum atomic E-state index is 12.6. The van der Waals surface area contributed by atoms with Gasteiger partial charge in [-0.15, -0.1) is 0 Å². The molecule has 0 radical (unpaired) electrons. The number of ether oxygens (including phenoxy) is 3. The quantitative estimate of drug-likeness (QED) is 0.752. The number of para-hydroxylation sites is 1. The number of nitrogens with two attached hydrogens (primary N) is 1. The van der Waals surface area contributed by atoms with Crippen LogP contribution in [0.4, 0.5) is 0 Å². The molecule has 2 amide bonds. The third kappa shape index (κ3) is 4.66. The van der Waals surface area contributed by atoms with Crippen molar-refractivity contribution in [2.75, 3.05) is 20.8 Å². The summed E-state index contributed by atoms with van der Waals surface area (Å²) >= 11 is 0. The van der Waals surface area contributed by atoms with E-state index < -0.39 is 5.91 Å². The van der Waals surface area contributed by atoms with Crippen molar-refractivity contribution in [2.45, 2.75) is 13.0 Å². The number of primary amides is 1. The van der Waals surface area contributed by atoms with Gasteiger partial charge in [0.05, 0.1) is 20.3 Å². The van der Waals surface area contributed by atoms with Crippen molar-refractivity contribution >= 4 is 11.8 Å². The van der Waals surface area contributed by atoms with E-state index in [1.807, 2.05) is 31.2 Å². The van der Waals surface area contributed by atoms with Crippen molar-refractivity contribution in [1.82, 2.24) is 5.32 Å². The number of amides is 2. The normalized spacial score (nSPS) is 11.3. The van der Waals surface area contributed by atoms with Crippen LogP contribution in [0.3, 0.4) is 0 Å². The topological polar surface area (TPSA) is 99.9 Å².